The number of likely N-dealkylation sites (N-methyl/N-ethyl adjacent to an activating group) is 1. The molecule has 14 heteroatoms. The van der Waals surface area contributed by atoms with Gasteiger partial charge in [-0.3, -0.25) is 9.69 Å². The minimum atomic E-state index is -3.80. The molecule has 0 saturated carbocycles. The zero-order valence-corrected chi connectivity index (χ0v) is 24.7. The van der Waals surface area contributed by atoms with Gasteiger partial charge in [0.05, 0.1) is 28.3 Å². The number of carbonyl (C=O) groups is 1. The number of ether oxygens (including phenoxy) is 4. The molecule has 214 valence electrons. The number of halogens is 1. The number of hydrogen-bond acceptors (Lipinski definition) is 10. The highest BCUT2D eigenvalue weighted by Gasteiger charge is 2.26. The van der Waals surface area contributed by atoms with Crippen LogP contribution in [0.15, 0.2) is 41.3 Å². The second kappa shape index (κ2) is 13.7. The van der Waals surface area contributed by atoms with Crippen molar-refractivity contribution in [2.75, 3.05) is 79.4 Å². The SMILES string of the molecule is COCCN(CCOC)S(=O)(=O)c1ccc(C(=O)N(CCN(C)C)c2nc3cc4c(cc3s2)OCO4)cc1.Cl. The molecule has 1 aromatic heterocycles. The number of methoxy groups -OCH3 is 2. The molecule has 11 nitrogen and oxygen atoms in total. The molecule has 0 bridgehead atoms. The van der Waals surface area contributed by atoms with Crippen molar-refractivity contribution in [3.8, 4) is 11.5 Å². The molecule has 1 aliphatic rings. The monoisotopic (exact) mass is 600 g/mol. The number of sulfonamides is 1. The number of rotatable bonds is 13. The van der Waals surface area contributed by atoms with Crippen LogP contribution in [0.2, 0.25) is 0 Å². The Bertz CT molecular complexity index is 1320. The lowest BCUT2D eigenvalue weighted by atomic mass is 10.2. The van der Waals surface area contributed by atoms with E-state index in [2.05, 4.69) is 0 Å². The summed E-state index contributed by atoms with van der Waals surface area (Å²) in [5.74, 6) is 1.01. The molecule has 0 saturated heterocycles. The van der Waals surface area contributed by atoms with Crippen molar-refractivity contribution in [3.05, 3.63) is 42.0 Å². The van der Waals surface area contributed by atoms with Crippen molar-refractivity contribution >= 4 is 55.0 Å². The van der Waals surface area contributed by atoms with Crippen LogP contribution in [0.3, 0.4) is 0 Å². The number of nitrogens with zero attached hydrogens (tertiary/aromatic N) is 4. The molecular formula is C25H33ClN4O7S2. The molecule has 0 N–H and O–H groups in total. The highest BCUT2D eigenvalue weighted by Crippen LogP contribution is 2.40. The van der Waals surface area contributed by atoms with Gasteiger partial charge in [0, 0.05) is 58.1 Å². The predicted molar refractivity (Wildman–Crippen MR) is 152 cm³/mol. The standard InChI is InChI=1S/C25H32N4O7S2.ClH/c1-27(2)9-10-29(25-26-20-15-21-22(36-17-35-21)16-23(20)37-25)24(30)18-5-7-19(8-6-18)38(31,32)28(11-13-33-3)12-14-34-4;/h5-8,15-16H,9-14,17H2,1-4H3;1H. The normalized spacial score (nSPS) is 12.8. The predicted octanol–water partition coefficient (Wildman–Crippen LogP) is 2.94. The molecule has 1 aliphatic heterocycles. The summed E-state index contributed by atoms with van der Waals surface area (Å²) in [7, 11) is 3.10. The first-order valence-electron chi connectivity index (χ1n) is 12.0. The van der Waals surface area contributed by atoms with Gasteiger partial charge >= 0.3 is 0 Å². The minimum absolute atomic E-state index is 0. The Morgan fingerprint density at radius 3 is 2.18 bits per heavy atom. The van der Waals surface area contributed by atoms with Gasteiger partial charge in [0.15, 0.2) is 16.6 Å². The number of carbonyl (C=O) groups excluding carboxylic acids is 1. The molecule has 0 unspecified atom stereocenters. The molecule has 0 spiro atoms. The zero-order chi connectivity index (χ0) is 27.3. The van der Waals surface area contributed by atoms with E-state index in [0.29, 0.717) is 40.8 Å². The Balaban J connectivity index is 0.00000420. The van der Waals surface area contributed by atoms with Crippen LogP contribution in [0.5, 0.6) is 11.5 Å². The van der Waals surface area contributed by atoms with E-state index in [0.717, 1.165) is 4.70 Å². The summed E-state index contributed by atoms with van der Waals surface area (Å²) >= 11 is 1.39. The second-order valence-corrected chi connectivity index (χ2v) is 11.8. The maximum Gasteiger partial charge on any atom is 0.260 e. The van der Waals surface area contributed by atoms with Crippen molar-refractivity contribution in [1.29, 1.82) is 0 Å². The van der Waals surface area contributed by atoms with Crippen LogP contribution in [0, 0.1) is 0 Å². The number of thiazole rings is 1. The van der Waals surface area contributed by atoms with Crippen LogP contribution in [0.25, 0.3) is 10.2 Å². The Morgan fingerprint density at radius 2 is 1.59 bits per heavy atom. The number of anilines is 1. The number of benzene rings is 2. The van der Waals surface area contributed by atoms with Gasteiger partial charge in [-0.1, -0.05) is 11.3 Å². The van der Waals surface area contributed by atoms with Crippen LogP contribution in [0.1, 0.15) is 10.4 Å². The number of fused-ring (bicyclic) bond motifs is 2. The van der Waals surface area contributed by atoms with Crippen molar-refractivity contribution in [2.24, 2.45) is 0 Å². The van der Waals surface area contributed by atoms with Crippen molar-refractivity contribution < 1.29 is 32.2 Å². The fourth-order valence-electron chi connectivity index (χ4n) is 3.82. The lowest BCUT2D eigenvalue weighted by Gasteiger charge is -2.23. The van der Waals surface area contributed by atoms with Gasteiger partial charge in [0.1, 0.15) is 0 Å². The molecule has 1 amide bonds. The zero-order valence-electron chi connectivity index (χ0n) is 22.3. The van der Waals surface area contributed by atoms with Crippen LogP contribution in [0.4, 0.5) is 5.13 Å². The number of hydrogen-bond donors (Lipinski definition) is 0. The van der Waals surface area contributed by atoms with E-state index in [-0.39, 0.29) is 56.3 Å². The van der Waals surface area contributed by atoms with E-state index in [9.17, 15) is 13.2 Å². The maximum absolute atomic E-state index is 13.6. The van der Waals surface area contributed by atoms with Gasteiger partial charge in [-0.25, -0.2) is 13.4 Å². The Hall–Kier alpha value is -2.52. The quantitative estimate of drug-likeness (QED) is 0.292. The molecule has 39 heavy (non-hydrogen) atoms. The molecule has 0 aliphatic carbocycles. The molecule has 2 heterocycles. The molecular weight excluding hydrogens is 568 g/mol. The highest BCUT2D eigenvalue weighted by molar-refractivity contribution is 7.89. The number of aromatic nitrogens is 1. The van der Waals surface area contributed by atoms with Gasteiger partial charge in [0.2, 0.25) is 16.8 Å². The van der Waals surface area contributed by atoms with E-state index in [4.69, 9.17) is 23.9 Å². The fraction of sp³-hybridized carbons (Fsp3) is 0.440. The Labute approximate surface area is 238 Å². The third-order valence-electron chi connectivity index (χ3n) is 5.95. The fourth-order valence-corrected chi connectivity index (χ4v) is 6.23. The summed E-state index contributed by atoms with van der Waals surface area (Å²) in [5.41, 5.74) is 1.07. The van der Waals surface area contributed by atoms with Crippen molar-refractivity contribution in [2.45, 2.75) is 4.90 Å². The summed E-state index contributed by atoms with van der Waals surface area (Å²) in [5, 5.41) is 0.539. The van der Waals surface area contributed by atoms with Gasteiger partial charge < -0.3 is 23.8 Å². The summed E-state index contributed by atoms with van der Waals surface area (Å²) in [6, 6.07) is 9.66. The van der Waals surface area contributed by atoms with E-state index in [1.165, 1.54) is 54.1 Å². The van der Waals surface area contributed by atoms with Crippen molar-refractivity contribution in [3.63, 3.8) is 0 Å². The lowest BCUT2D eigenvalue weighted by molar-refractivity contribution is 0.0985. The van der Waals surface area contributed by atoms with E-state index >= 15 is 0 Å². The smallest absolute Gasteiger partial charge is 0.260 e. The minimum Gasteiger partial charge on any atom is -0.454 e. The molecule has 0 atom stereocenters. The van der Waals surface area contributed by atoms with Crippen LogP contribution >= 0.6 is 23.7 Å². The van der Waals surface area contributed by atoms with Crippen LogP contribution in [-0.4, -0.2) is 103 Å². The summed E-state index contributed by atoms with van der Waals surface area (Å²) in [4.78, 5) is 22.0. The third-order valence-corrected chi connectivity index (χ3v) is 8.90. The summed E-state index contributed by atoms with van der Waals surface area (Å²) in [6.45, 7) is 2.09. The van der Waals surface area contributed by atoms with Gasteiger partial charge in [-0.15, -0.1) is 12.4 Å². The van der Waals surface area contributed by atoms with Crippen molar-refractivity contribution in [1.82, 2.24) is 14.2 Å². The third kappa shape index (κ3) is 7.17. The average molecular weight is 601 g/mol. The largest absolute Gasteiger partial charge is 0.454 e. The average Bonchev–Trinajstić information content (AvgIpc) is 3.53. The van der Waals surface area contributed by atoms with Gasteiger partial charge in [-0.05, 0) is 38.4 Å². The van der Waals surface area contributed by atoms with Crippen LogP contribution in [-0.2, 0) is 19.5 Å². The van der Waals surface area contributed by atoms with Crippen LogP contribution < -0.4 is 14.4 Å². The highest BCUT2D eigenvalue weighted by atomic mass is 35.5. The Kier molecular flexibility index (Phi) is 10.9. The lowest BCUT2D eigenvalue weighted by Crippen LogP contribution is -2.37. The molecule has 2 aromatic carbocycles. The molecule has 0 radical (unpaired) electrons. The maximum atomic E-state index is 13.6. The van der Waals surface area contributed by atoms with Gasteiger partial charge in [0.25, 0.3) is 5.91 Å². The topological polar surface area (TPSA) is 111 Å². The first-order valence-corrected chi connectivity index (χ1v) is 14.2. The van der Waals surface area contributed by atoms with E-state index in [1.807, 2.05) is 31.1 Å². The summed E-state index contributed by atoms with van der Waals surface area (Å²) < 4.78 is 49.7. The molecule has 3 aromatic rings. The van der Waals surface area contributed by atoms with Gasteiger partial charge in [-0.2, -0.15) is 4.31 Å². The first-order chi connectivity index (χ1) is 18.2. The Morgan fingerprint density at radius 1 is 0.974 bits per heavy atom. The summed E-state index contributed by atoms with van der Waals surface area (Å²) in [6.07, 6.45) is 0. The van der Waals surface area contributed by atoms with E-state index < -0.39 is 10.0 Å². The second-order valence-electron chi connectivity index (χ2n) is 8.84. The first kappa shape index (κ1) is 31.0. The number of amides is 1. The van der Waals surface area contributed by atoms with E-state index in [1.54, 1.807) is 4.90 Å². The molecule has 4 rings (SSSR count). The molecule has 0 fully saturated rings.